The van der Waals surface area contributed by atoms with Crippen LogP contribution in [0.1, 0.15) is 85.6 Å². The van der Waals surface area contributed by atoms with Gasteiger partial charge >= 0.3 is 12.1 Å². The van der Waals surface area contributed by atoms with Gasteiger partial charge in [0.15, 0.2) is 5.69 Å². The summed E-state index contributed by atoms with van der Waals surface area (Å²) in [6.45, 7) is 11.0. The summed E-state index contributed by atoms with van der Waals surface area (Å²) in [5.41, 5.74) is 2.59. The lowest BCUT2D eigenvalue weighted by Crippen LogP contribution is -2.63. The van der Waals surface area contributed by atoms with Gasteiger partial charge < -0.3 is 24.7 Å². The van der Waals surface area contributed by atoms with Gasteiger partial charge in [0.05, 0.1) is 6.61 Å². The van der Waals surface area contributed by atoms with Crippen LogP contribution in [0.2, 0.25) is 0 Å². The smallest absolute Gasteiger partial charge is 0.410 e. The van der Waals surface area contributed by atoms with Crippen LogP contribution in [-0.4, -0.2) is 63.1 Å². The number of aromatic amines is 1. The SMILES string of the molecule is CCOC(=O)c1[nH]c(C2CC3(C2)CN(C(=O)OC(C)(C)C)C3)nc1-c1ccc(C(=O)Nc2cc(CC)ccn2)cc1. The first-order valence-electron chi connectivity index (χ1n) is 14.1. The van der Waals surface area contributed by atoms with Crippen LogP contribution in [0.3, 0.4) is 0 Å². The van der Waals surface area contributed by atoms with E-state index >= 15 is 0 Å². The Hall–Kier alpha value is -4.21. The number of pyridine rings is 1. The van der Waals surface area contributed by atoms with Gasteiger partial charge in [-0.05, 0) is 76.8 Å². The number of hydrogen-bond acceptors (Lipinski definition) is 7. The second kappa shape index (κ2) is 11.0. The van der Waals surface area contributed by atoms with Crippen LogP contribution in [0.4, 0.5) is 10.6 Å². The van der Waals surface area contributed by atoms with Gasteiger partial charge in [0.1, 0.15) is 22.9 Å². The number of benzene rings is 1. The van der Waals surface area contributed by atoms with E-state index in [1.165, 1.54) is 0 Å². The number of likely N-dealkylation sites (tertiary alicyclic amines) is 1. The third-order valence-electron chi connectivity index (χ3n) is 7.55. The molecule has 3 aromatic rings. The standard InChI is InChI=1S/C31H37N5O5/c1-6-19-12-13-32-23(14-19)33-27(37)21-10-8-20(9-11-21)24-25(28(38)40-7-2)35-26(34-24)22-15-31(16-22)17-36(18-31)29(39)41-30(3,4)5/h8-14,22H,6-7,15-18H2,1-5H3,(H,34,35)(H,32,33,37). The molecule has 10 nitrogen and oxygen atoms in total. The van der Waals surface area contributed by atoms with Crippen molar-refractivity contribution in [2.75, 3.05) is 25.0 Å². The number of aryl methyl sites for hydroxylation is 1. The number of H-pyrrole nitrogens is 1. The van der Waals surface area contributed by atoms with Crippen molar-refractivity contribution in [2.45, 2.75) is 65.4 Å². The van der Waals surface area contributed by atoms with Crippen LogP contribution >= 0.6 is 0 Å². The second-order valence-electron chi connectivity index (χ2n) is 11.9. The largest absolute Gasteiger partial charge is 0.461 e. The van der Waals surface area contributed by atoms with E-state index in [2.05, 4.69) is 15.3 Å². The molecule has 0 bridgehead atoms. The van der Waals surface area contributed by atoms with Gasteiger partial charge in [-0.3, -0.25) is 4.79 Å². The van der Waals surface area contributed by atoms with Crippen molar-refractivity contribution in [1.29, 1.82) is 0 Å². The average molecular weight is 560 g/mol. The fourth-order valence-electron chi connectivity index (χ4n) is 5.53. The van der Waals surface area contributed by atoms with Crippen molar-refractivity contribution in [3.8, 4) is 11.3 Å². The highest BCUT2D eigenvalue weighted by Gasteiger charge is 2.55. The van der Waals surface area contributed by atoms with E-state index < -0.39 is 11.6 Å². The fraction of sp³-hybridized carbons (Fsp3) is 0.452. The third-order valence-corrected chi connectivity index (χ3v) is 7.55. The molecule has 1 aliphatic carbocycles. The Labute approximate surface area is 239 Å². The zero-order valence-corrected chi connectivity index (χ0v) is 24.2. The van der Waals surface area contributed by atoms with Crippen LogP contribution in [0.5, 0.6) is 0 Å². The first kappa shape index (κ1) is 28.3. The Balaban J connectivity index is 1.28. The summed E-state index contributed by atoms with van der Waals surface area (Å²) in [7, 11) is 0. The van der Waals surface area contributed by atoms with Gasteiger partial charge in [-0.25, -0.2) is 19.6 Å². The molecule has 1 aliphatic heterocycles. The number of amides is 2. The zero-order valence-electron chi connectivity index (χ0n) is 24.2. The molecule has 10 heteroatoms. The van der Waals surface area contributed by atoms with Crippen LogP contribution in [0, 0.1) is 5.41 Å². The Morgan fingerprint density at radius 1 is 1.10 bits per heavy atom. The maximum absolute atomic E-state index is 12.8. The highest BCUT2D eigenvalue weighted by molar-refractivity contribution is 6.04. The number of carbonyl (C=O) groups excluding carboxylic acids is 3. The van der Waals surface area contributed by atoms with E-state index in [0.29, 0.717) is 41.4 Å². The summed E-state index contributed by atoms with van der Waals surface area (Å²) in [5.74, 6) is 0.631. The first-order valence-corrected chi connectivity index (χ1v) is 14.1. The number of esters is 1. The predicted octanol–water partition coefficient (Wildman–Crippen LogP) is 5.58. The lowest BCUT2D eigenvalue weighted by atomic mass is 9.57. The molecule has 216 valence electrons. The number of nitrogens with one attached hydrogen (secondary N) is 2. The average Bonchev–Trinajstić information content (AvgIpc) is 3.31. The summed E-state index contributed by atoms with van der Waals surface area (Å²) in [5, 5.41) is 2.83. The minimum atomic E-state index is -0.518. The quantitative estimate of drug-likeness (QED) is 0.362. The summed E-state index contributed by atoms with van der Waals surface area (Å²) in [4.78, 5) is 52.0. The van der Waals surface area contributed by atoms with Crippen LogP contribution < -0.4 is 5.32 Å². The molecule has 1 aromatic carbocycles. The van der Waals surface area contributed by atoms with Gasteiger partial charge in [-0.15, -0.1) is 0 Å². The maximum Gasteiger partial charge on any atom is 0.410 e. The summed E-state index contributed by atoms with van der Waals surface area (Å²) in [6, 6.07) is 10.7. The molecule has 5 rings (SSSR count). The molecular weight excluding hydrogens is 522 g/mol. The number of aromatic nitrogens is 3. The van der Waals surface area contributed by atoms with E-state index in [4.69, 9.17) is 14.5 Å². The van der Waals surface area contributed by atoms with Gasteiger partial charge in [0.2, 0.25) is 0 Å². The highest BCUT2D eigenvalue weighted by Crippen LogP contribution is 2.56. The molecule has 2 amide bonds. The highest BCUT2D eigenvalue weighted by atomic mass is 16.6. The number of carbonyl (C=O) groups is 3. The Morgan fingerprint density at radius 3 is 2.44 bits per heavy atom. The Kier molecular flexibility index (Phi) is 7.59. The van der Waals surface area contributed by atoms with Crippen LogP contribution in [-0.2, 0) is 15.9 Å². The van der Waals surface area contributed by atoms with Crippen molar-refractivity contribution < 1.29 is 23.9 Å². The molecule has 41 heavy (non-hydrogen) atoms. The molecule has 0 unspecified atom stereocenters. The molecule has 2 aliphatic rings. The Morgan fingerprint density at radius 2 is 1.80 bits per heavy atom. The Bertz CT molecular complexity index is 1440. The number of rotatable bonds is 7. The van der Waals surface area contributed by atoms with Gasteiger partial charge in [0, 0.05) is 41.7 Å². The first-order chi connectivity index (χ1) is 19.5. The van der Waals surface area contributed by atoms with Crippen molar-refractivity contribution in [2.24, 2.45) is 5.41 Å². The van der Waals surface area contributed by atoms with Crippen molar-refractivity contribution in [3.63, 3.8) is 0 Å². The van der Waals surface area contributed by atoms with Crippen molar-refractivity contribution >= 4 is 23.8 Å². The fourth-order valence-corrected chi connectivity index (χ4v) is 5.53. The van der Waals surface area contributed by atoms with E-state index in [1.54, 1.807) is 42.3 Å². The second-order valence-corrected chi connectivity index (χ2v) is 11.9. The molecule has 1 saturated carbocycles. The van der Waals surface area contributed by atoms with E-state index in [9.17, 15) is 14.4 Å². The van der Waals surface area contributed by atoms with Crippen molar-refractivity contribution in [3.05, 3.63) is 65.2 Å². The molecule has 2 N–H and O–H groups in total. The predicted molar refractivity (Wildman–Crippen MR) is 154 cm³/mol. The normalized spacial score (nSPS) is 16.1. The van der Waals surface area contributed by atoms with Gasteiger partial charge in [0.25, 0.3) is 5.91 Å². The lowest BCUT2D eigenvalue weighted by molar-refractivity contribution is -0.0796. The maximum atomic E-state index is 12.8. The summed E-state index contributed by atoms with van der Waals surface area (Å²) in [6.07, 6.45) is 3.98. The molecule has 2 aromatic heterocycles. The zero-order chi connectivity index (χ0) is 29.4. The van der Waals surface area contributed by atoms with Crippen LogP contribution in [0.15, 0.2) is 42.6 Å². The summed E-state index contributed by atoms with van der Waals surface area (Å²) >= 11 is 0. The number of hydrogen-bond donors (Lipinski definition) is 2. The minimum Gasteiger partial charge on any atom is -0.461 e. The van der Waals surface area contributed by atoms with Crippen molar-refractivity contribution in [1.82, 2.24) is 19.9 Å². The minimum absolute atomic E-state index is 0.0686. The monoisotopic (exact) mass is 559 g/mol. The number of nitrogens with zero attached hydrogens (tertiary/aromatic N) is 3. The number of anilines is 1. The molecule has 1 saturated heterocycles. The molecule has 0 radical (unpaired) electrons. The van der Waals surface area contributed by atoms with E-state index in [1.807, 2.05) is 39.8 Å². The third kappa shape index (κ3) is 6.11. The molecular formula is C31H37N5O5. The van der Waals surface area contributed by atoms with Gasteiger partial charge in [-0.2, -0.15) is 0 Å². The topological polar surface area (TPSA) is 127 Å². The van der Waals surface area contributed by atoms with E-state index in [0.717, 1.165) is 30.7 Å². The van der Waals surface area contributed by atoms with Crippen LogP contribution in [0.25, 0.3) is 11.3 Å². The lowest BCUT2D eigenvalue weighted by Gasteiger charge is -2.58. The molecule has 2 fully saturated rings. The number of imidazole rings is 1. The molecule has 1 spiro atoms. The van der Waals surface area contributed by atoms with Gasteiger partial charge in [-0.1, -0.05) is 19.1 Å². The molecule has 3 heterocycles. The molecule has 0 atom stereocenters. The number of ether oxygens (including phenoxy) is 2. The summed E-state index contributed by atoms with van der Waals surface area (Å²) < 4.78 is 10.8. The van der Waals surface area contributed by atoms with E-state index in [-0.39, 0.29) is 29.9 Å².